The zero-order valence-corrected chi connectivity index (χ0v) is 11.3. The van der Waals surface area contributed by atoms with Crippen LogP contribution in [-0.2, 0) is 6.42 Å². The standard InChI is InChI=1S/C13H14Cl2N2/c1-7(16)5-9-6-8(2)17-13-10(9)3-4-11(14)12(13)15/h3-4,6-7H,5,16H2,1-2H3. The normalized spacial score (nSPS) is 13.0. The summed E-state index contributed by atoms with van der Waals surface area (Å²) in [7, 11) is 0. The highest BCUT2D eigenvalue weighted by molar-refractivity contribution is 6.45. The zero-order chi connectivity index (χ0) is 12.6. The van der Waals surface area contributed by atoms with Crippen molar-refractivity contribution in [1.82, 2.24) is 4.98 Å². The van der Waals surface area contributed by atoms with Gasteiger partial charge >= 0.3 is 0 Å². The SMILES string of the molecule is Cc1cc(CC(C)N)c2ccc(Cl)c(Cl)c2n1. The van der Waals surface area contributed by atoms with E-state index in [1.807, 2.05) is 19.9 Å². The summed E-state index contributed by atoms with van der Waals surface area (Å²) in [6, 6.07) is 5.91. The van der Waals surface area contributed by atoms with Gasteiger partial charge in [-0.3, -0.25) is 4.98 Å². The second-order valence-corrected chi connectivity index (χ2v) is 5.15. The van der Waals surface area contributed by atoms with Crippen molar-refractivity contribution in [3.63, 3.8) is 0 Å². The minimum absolute atomic E-state index is 0.106. The number of rotatable bonds is 2. The molecule has 0 aliphatic rings. The molecule has 0 radical (unpaired) electrons. The molecule has 2 rings (SSSR count). The average Bonchev–Trinajstić information content (AvgIpc) is 2.23. The first-order valence-corrected chi connectivity index (χ1v) is 6.24. The molecule has 2 N–H and O–H groups in total. The van der Waals surface area contributed by atoms with Gasteiger partial charge in [0.25, 0.3) is 0 Å². The summed E-state index contributed by atoms with van der Waals surface area (Å²) in [5.74, 6) is 0. The van der Waals surface area contributed by atoms with Crippen LogP contribution in [0.1, 0.15) is 18.2 Å². The Kier molecular flexibility index (Phi) is 3.57. The molecule has 17 heavy (non-hydrogen) atoms. The van der Waals surface area contributed by atoms with Crippen LogP contribution in [0, 0.1) is 6.92 Å². The van der Waals surface area contributed by atoms with E-state index in [9.17, 15) is 0 Å². The van der Waals surface area contributed by atoms with Crippen LogP contribution in [-0.4, -0.2) is 11.0 Å². The summed E-state index contributed by atoms with van der Waals surface area (Å²) < 4.78 is 0. The Morgan fingerprint density at radius 2 is 2.06 bits per heavy atom. The maximum atomic E-state index is 6.18. The lowest BCUT2D eigenvalue weighted by Crippen LogP contribution is -2.18. The molecule has 2 nitrogen and oxygen atoms in total. The van der Waals surface area contributed by atoms with Gasteiger partial charge in [-0.05, 0) is 38.0 Å². The molecule has 4 heteroatoms. The second kappa shape index (κ2) is 4.81. The van der Waals surface area contributed by atoms with E-state index in [0.29, 0.717) is 10.0 Å². The van der Waals surface area contributed by atoms with E-state index in [2.05, 4.69) is 11.1 Å². The van der Waals surface area contributed by atoms with E-state index in [4.69, 9.17) is 28.9 Å². The number of aryl methyl sites for hydroxylation is 1. The van der Waals surface area contributed by atoms with E-state index < -0.39 is 0 Å². The lowest BCUT2D eigenvalue weighted by molar-refractivity contribution is 0.740. The molecule has 1 aromatic heterocycles. The lowest BCUT2D eigenvalue weighted by atomic mass is 10.0. The van der Waals surface area contributed by atoms with Crippen LogP contribution in [0.3, 0.4) is 0 Å². The predicted octanol–water partition coefficient (Wildman–Crippen LogP) is 3.74. The Hall–Kier alpha value is -0.830. The van der Waals surface area contributed by atoms with E-state index in [-0.39, 0.29) is 6.04 Å². The fourth-order valence-electron chi connectivity index (χ4n) is 1.96. The Morgan fingerprint density at radius 1 is 1.35 bits per heavy atom. The van der Waals surface area contributed by atoms with Crippen molar-refractivity contribution in [3.05, 3.63) is 39.5 Å². The molecule has 0 aliphatic heterocycles. The Balaban J connectivity index is 2.72. The van der Waals surface area contributed by atoms with E-state index in [0.717, 1.165) is 23.0 Å². The van der Waals surface area contributed by atoms with Crippen LogP contribution in [0.2, 0.25) is 10.0 Å². The highest BCUT2D eigenvalue weighted by Crippen LogP contribution is 2.31. The zero-order valence-electron chi connectivity index (χ0n) is 9.80. The van der Waals surface area contributed by atoms with Gasteiger partial charge in [0.2, 0.25) is 0 Å². The molecular weight excluding hydrogens is 255 g/mol. The molecule has 0 saturated heterocycles. The van der Waals surface area contributed by atoms with Crippen molar-refractivity contribution >= 4 is 34.1 Å². The number of nitrogens with two attached hydrogens (primary N) is 1. The van der Waals surface area contributed by atoms with E-state index in [1.54, 1.807) is 6.07 Å². The predicted molar refractivity (Wildman–Crippen MR) is 73.9 cm³/mol. The minimum atomic E-state index is 0.106. The molecule has 90 valence electrons. The quantitative estimate of drug-likeness (QED) is 0.901. The number of halogens is 2. The van der Waals surface area contributed by atoms with Crippen molar-refractivity contribution in [1.29, 1.82) is 0 Å². The van der Waals surface area contributed by atoms with Crippen molar-refractivity contribution < 1.29 is 0 Å². The number of hydrogen-bond acceptors (Lipinski definition) is 2. The maximum Gasteiger partial charge on any atom is 0.0909 e. The number of fused-ring (bicyclic) bond motifs is 1. The second-order valence-electron chi connectivity index (χ2n) is 4.36. The largest absolute Gasteiger partial charge is 0.328 e. The highest BCUT2D eigenvalue weighted by atomic mass is 35.5. The number of nitrogens with zero attached hydrogens (tertiary/aromatic N) is 1. The highest BCUT2D eigenvalue weighted by Gasteiger charge is 2.10. The van der Waals surface area contributed by atoms with Gasteiger partial charge in [0.05, 0.1) is 15.6 Å². The topological polar surface area (TPSA) is 38.9 Å². The first kappa shape index (κ1) is 12.6. The Morgan fingerprint density at radius 3 is 2.71 bits per heavy atom. The molecule has 0 fully saturated rings. The van der Waals surface area contributed by atoms with Gasteiger partial charge in [-0.1, -0.05) is 29.3 Å². The van der Waals surface area contributed by atoms with Gasteiger partial charge in [0, 0.05) is 17.1 Å². The number of pyridine rings is 1. The summed E-state index contributed by atoms with van der Waals surface area (Å²) in [4.78, 5) is 4.45. The molecule has 1 heterocycles. The number of benzene rings is 1. The molecule has 2 aromatic rings. The van der Waals surface area contributed by atoms with Crippen LogP contribution in [0.4, 0.5) is 0 Å². The molecule has 0 aliphatic carbocycles. The average molecular weight is 269 g/mol. The van der Waals surface area contributed by atoms with Gasteiger partial charge < -0.3 is 5.73 Å². The Labute approximate surface area is 111 Å². The van der Waals surface area contributed by atoms with Crippen molar-refractivity contribution in [2.45, 2.75) is 26.3 Å². The fourth-order valence-corrected chi connectivity index (χ4v) is 2.32. The fraction of sp³-hybridized carbons (Fsp3) is 0.308. The van der Waals surface area contributed by atoms with Crippen molar-refractivity contribution in [2.75, 3.05) is 0 Å². The first-order valence-electron chi connectivity index (χ1n) is 5.49. The summed E-state index contributed by atoms with van der Waals surface area (Å²) in [6.45, 7) is 3.93. The first-order chi connectivity index (χ1) is 7.99. The van der Waals surface area contributed by atoms with Crippen LogP contribution in [0.25, 0.3) is 10.9 Å². The molecule has 0 amide bonds. The molecule has 1 unspecified atom stereocenters. The summed E-state index contributed by atoms with van der Waals surface area (Å²) in [6.07, 6.45) is 0.803. The number of hydrogen-bond donors (Lipinski definition) is 1. The van der Waals surface area contributed by atoms with Crippen LogP contribution >= 0.6 is 23.2 Å². The van der Waals surface area contributed by atoms with Crippen LogP contribution in [0.15, 0.2) is 18.2 Å². The van der Waals surface area contributed by atoms with Crippen LogP contribution < -0.4 is 5.73 Å². The van der Waals surface area contributed by atoms with Gasteiger partial charge in [-0.15, -0.1) is 0 Å². The van der Waals surface area contributed by atoms with Crippen molar-refractivity contribution in [2.24, 2.45) is 5.73 Å². The third kappa shape index (κ3) is 2.54. The molecule has 0 bridgehead atoms. The van der Waals surface area contributed by atoms with E-state index >= 15 is 0 Å². The van der Waals surface area contributed by atoms with Gasteiger partial charge in [0.1, 0.15) is 0 Å². The summed E-state index contributed by atoms with van der Waals surface area (Å²) in [5.41, 5.74) is 8.71. The van der Waals surface area contributed by atoms with Crippen molar-refractivity contribution in [3.8, 4) is 0 Å². The lowest BCUT2D eigenvalue weighted by Gasteiger charge is -2.11. The molecule has 0 spiro atoms. The minimum Gasteiger partial charge on any atom is -0.328 e. The molecule has 1 aromatic carbocycles. The summed E-state index contributed by atoms with van der Waals surface area (Å²) in [5, 5.41) is 2.07. The summed E-state index contributed by atoms with van der Waals surface area (Å²) >= 11 is 12.2. The third-order valence-corrected chi connectivity index (χ3v) is 3.42. The number of aromatic nitrogens is 1. The van der Waals surface area contributed by atoms with Gasteiger partial charge in [0.15, 0.2) is 0 Å². The maximum absolute atomic E-state index is 6.18. The third-order valence-electron chi connectivity index (χ3n) is 2.63. The Bertz CT molecular complexity index is 565. The van der Waals surface area contributed by atoms with Gasteiger partial charge in [-0.2, -0.15) is 0 Å². The molecular formula is C13H14Cl2N2. The van der Waals surface area contributed by atoms with E-state index in [1.165, 1.54) is 5.56 Å². The van der Waals surface area contributed by atoms with Crippen LogP contribution in [0.5, 0.6) is 0 Å². The molecule has 1 atom stereocenters. The smallest absolute Gasteiger partial charge is 0.0909 e. The molecule has 0 saturated carbocycles. The monoisotopic (exact) mass is 268 g/mol. The van der Waals surface area contributed by atoms with Gasteiger partial charge in [-0.25, -0.2) is 0 Å².